The Morgan fingerprint density at radius 3 is 2.42 bits per heavy atom. The lowest BCUT2D eigenvalue weighted by molar-refractivity contribution is -0.0951. The molecule has 1 aromatic carbocycles. The number of ether oxygens (including phenoxy) is 3. The average Bonchev–Trinajstić information content (AvgIpc) is 2.64. The highest BCUT2D eigenvalue weighted by atomic mass is 32.1. The van der Waals surface area contributed by atoms with Gasteiger partial charge in [-0.15, -0.1) is 0 Å². The van der Waals surface area contributed by atoms with Gasteiger partial charge >= 0.3 is 0 Å². The van der Waals surface area contributed by atoms with Crippen LogP contribution in [0.2, 0.25) is 0 Å². The van der Waals surface area contributed by atoms with E-state index in [9.17, 15) is 0 Å². The van der Waals surface area contributed by atoms with E-state index in [1.807, 2.05) is 18.2 Å². The van der Waals surface area contributed by atoms with Crippen molar-refractivity contribution in [1.29, 1.82) is 0 Å². The zero-order valence-corrected chi connectivity index (χ0v) is 12.7. The molecule has 0 aliphatic carbocycles. The predicted molar refractivity (Wildman–Crippen MR) is 77.8 cm³/mol. The minimum Gasteiger partial charge on any atom is -0.497 e. The monoisotopic (exact) mass is 278 g/mol. The standard InChI is InChI=1S/C15H18O3S/c1-14(2)15(3,4)18-13-12(17-14)10-7-6-9(16-5)8-11(10)19-13/h6-8H,1-5H3. The van der Waals surface area contributed by atoms with Crippen molar-refractivity contribution >= 4 is 21.4 Å². The van der Waals surface area contributed by atoms with Gasteiger partial charge in [0.2, 0.25) is 5.06 Å². The second-order valence-electron chi connectivity index (χ2n) is 5.81. The van der Waals surface area contributed by atoms with E-state index in [0.29, 0.717) is 0 Å². The molecule has 1 aliphatic rings. The minimum atomic E-state index is -0.367. The molecule has 3 nitrogen and oxygen atoms in total. The fourth-order valence-corrected chi connectivity index (χ4v) is 3.19. The summed E-state index contributed by atoms with van der Waals surface area (Å²) in [4.78, 5) is 0. The van der Waals surface area contributed by atoms with Gasteiger partial charge in [-0.1, -0.05) is 11.3 Å². The van der Waals surface area contributed by atoms with E-state index < -0.39 is 0 Å². The summed E-state index contributed by atoms with van der Waals surface area (Å²) in [7, 11) is 1.67. The van der Waals surface area contributed by atoms with E-state index in [0.717, 1.165) is 26.6 Å². The second-order valence-corrected chi connectivity index (χ2v) is 6.82. The van der Waals surface area contributed by atoms with Crippen LogP contribution in [-0.2, 0) is 0 Å². The summed E-state index contributed by atoms with van der Waals surface area (Å²) in [5.74, 6) is 1.71. The van der Waals surface area contributed by atoms with Crippen LogP contribution in [0.4, 0.5) is 0 Å². The van der Waals surface area contributed by atoms with Crippen LogP contribution in [-0.4, -0.2) is 18.3 Å². The molecule has 4 heteroatoms. The number of rotatable bonds is 1. The Labute approximate surface area is 117 Å². The topological polar surface area (TPSA) is 27.7 Å². The van der Waals surface area contributed by atoms with Crippen molar-refractivity contribution in [2.24, 2.45) is 0 Å². The van der Waals surface area contributed by atoms with Crippen molar-refractivity contribution < 1.29 is 14.2 Å². The quantitative estimate of drug-likeness (QED) is 0.781. The molecular weight excluding hydrogens is 260 g/mol. The van der Waals surface area contributed by atoms with E-state index >= 15 is 0 Å². The summed E-state index contributed by atoms with van der Waals surface area (Å²) in [5.41, 5.74) is -0.723. The van der Waals surface area contributed by atoms with Crippen LogP contribution < -0.4 is 14.2 Å². The van der Waals surface area contributed by atoms with Crippen molar-refractivity contribution in [3.05, 3.63) is 18.2 Å². The summed E-state index contributed by atoms with van der Waals surface area (Å²) in [6, 6.07) is 6.00. The summed E-state index contributed by atoms with van der Waals surface area (Å²) >= 11 is 1.61. The van der Waals surface area contributed by atoms with Crippen molar-refractivity contribution in [3.63, 3.8) is 0 Å². The Balaban J connectivity index is 2.18. The first kappa shape index (κ1) is 12.6. The Bertz CT molecular complexity index is 640. The van der Waals surface area contributed by atoms with E-state index in [-0.39, 0.29) is 11.2 Å². The zero-order valence-electron chi connectivity index (χ0n) is 11.9. The van der Waals surface area contributed by atoms with Gasteiger partial charge in [-0.2, -0.15) is 0 Å². The van der Waals surface area contributed by atoms with Gasteiger partial charge in [0.25, 0.3) is 0 Å². The van der Waals surface area contributed by atoms with E-state index in [1.54, 1.807) is 18.4 Å². The molecule has 0 fully saturated rings. The van der Waals surface area contributed by atoms with Crippen molar-refractivity contribution in [1.82, 2.24) is 0 Å². The lowest BCUT2D eigenvalue weighted by Gasteiger charge is -2.44. The lowest BCUT2D eigenvalue weighted by atomic mass is 9.88. The Hall–Kier alpha value is -1.42. The van der Waals surface area contributed by atoms with Gasteiger partial charge in [0.15, 0.2) is 5.75 Å². The van der Waals surface area contributed by atoms with Crippen LogP contribution in [0.15, 0.2) is 18.2 Å². The van der Waals surface area contributed by atoms with Crippen LogP contribution >= 0.6 is 11.3 Å². The SMILES string of the molecule is COc1ccc2c3c(sc2c1)OC(C)(C)C(C)(C)O3. The molecule has 2 aromatic rings. The third kappa shape index (κ3) is 1.77. The zero-order chi connectivity index (χ0) is 13.8. The normalized spacial score (nSPS) is 19.4. The molecule has 0 atom stereocenters. The highest BCUT2D eigenvalue weighted by molar-refractivity contribution is 7.21. The summed E-state index contributed by atoms with van der Waals surface area (Å²) in [6.07, 6.45) is 0. The number of methoxy groups -OCH3 is 1. The average molecular weight is 278 g/mol. The number of benzene rings is 1. The van der Waals surface area contributed by atoms with Gasteiger partial charge in [-0.05, 0) is 45.9 Å². The minimum absolute atomic E-state index is 0.356. The van der Waals surface area contributed by atoms with Crippen LogP contribution in [0.25, 0.3) is 10.1 Å². The Morgan fingerprint density at radius 1 is 1.05 bits per heavy atom. The highest BCUT2D eigenvalue weighted by Gasteiger charge is 2.47. The Morgan fingerprint density at radius 2 is 1.74 bits per heavy atom. The molecule has 3 rings (SSSR count). The van der Waals surface area contributed by atoms with E-state index in [1.165, 1.54) is 0 Å². The maximum Gasteiger partial charge on any atom is 0.218 e. The molecule has 0 spiro atoms. The smallest absolute Gasteiger partial charge is 0.218 e. The molecule has 1 aromatic heterocycles. The van der Waals surface area contributed by atoms with Gasteiger partial charge in [0, 0.05) is 10.1 Å². The molecular formula is C15H18O3S. The third-order valence-electron chi connectivity index (χ3n) is 3.98. The van der Waals surface area contributed by atoms with E-state index in [4.69, 9.17) is 14.2 Å². The fraction of sp³-hybridized carbons (Fsp3) is 0.467. The molecule has 102 valence electrons. The molecule has 19 heavy (non-hydrogen) atoms. The summed E-state index contributed by atoms with van der Waals surface area (Å²) in [5, 5.41) is 1.94. The first-order valence-corrected chi connectivity index (χ1v) is 7.14. The van der Waals surface area contributed by atoms with Gasteiger partial charge in [0.1, 0.15) is 17.0 Å². The maximum absolute atomic E-state index is 6.21. The molecule has 2 heterocycles. The number of fused-ring (bicyclic) bond motifs is 3. The molecule has 0 bridgehead atoms. The van der Waals surface area contributed by atoms with Crippen LogP contribution in [0, 0.1) is 0 Å². The second kappa shape index (κ2) is 3.79. The summed E-state index contributed by atoms with van der Waals surface area (Å²) in [6.45, 7) is 8.23. The molecule has 0 saturated carbocycles. The van der Waals surface area contributed by atoms with Crippen molar-refractivity contribution in [2.45, 2.75) is 38.9 Å². The van der Waals surface area contributed by atoms with E-state index in [2.05, 4.69) is 27.7 Å². The van der Waals surface area contributed by atoms with Crippen LogP contribution in [0.3, 0.4) is 0 Å². The maximum atomic E-state index is 6.21. The number of thiophene rings is 1. The molecule has 0 unspecified atom stereocenters. The number of hydrogen-bond donors (Lipinski definition) is 0. The van der Waals surface area contributed by atoms with Crippen molar-refractivity contribution in [2.75, 3.05) is 7.11 Å². The predicted octanol–water partition coefficient (Wildman–Crippen LogP) is 4.24. The first-order valence-electron chi connectivity index (χ1n) is 6.33. The van der Waals surface area contributed by atoms with Gasteiger partial charge < -0.3 is 14.2 Å². The molecule has 0 amide bonds. The molecule has 0 saturated heterocycles. The highest BCUT2D eigenvalue weighted by Crippen LogP contribution is 2.52. The van der Waals surface area contributed by atoms with Crippen LogP contribution in [0.5, 0.6) is 16.6 Å². The van der Waals surface area contributed by atoms with Crippen LogP contribution in [0.1, 0.15) is 27.7 Å². The molecule has 1 aliphatic heterocycles. The third-order valence-corrected chi connectivity index (χ3v) is 4.99. The fourth-order valence-electron chi connectivity index (χ4n) is 2.05. The molecule has 0 radical (unpaired) electrons. The van der Waals surface area contributed by atoms with Crippen molar-refractivity contribution in [3.8, 4) is 16.6 Å². The number of hydrogen-bond acceptors (Lipinski definition) is 4. The Kier molecular flexibility index (Phi) is 2.52. The van der Waals surface area contributed by atoms with Gasteiger partial charge in [-0.25, -0.2) is 0 Å². The first-order chi connectivity index (χ1) is 8.84. The lowest BCUT2D eigenvalue weighted by Crippen LogP contribution is -2.55. The largest absolute Gasteiger partial charge is 0.497 e. The molecule has 0 N–H and O–H groups in total. The van der Waals surface area contributed by atoms with Gasteiger partial charge in [-0.3, -0.25) is 0 Å². The van der Waals surface area contributed by atoms with Gasteiger partial charge in [0.05, 0.1) is 7.11 Å². The summed E-state index contributed by atoms with van der Waals surface area (Å²) < 4.78 is 18.7.